The SMILES string of the molecule is CC.CC.COC1C(C)(C)SSC1(C(F)(F)F)C(F)(F)F. The van der Waals surface area contributed by atoms with Crippen molar-refractivity contribution in [3.05, 3.63) is 0 Å². The van der Waals surface area contributed by atoms with Gasteiger partial charge in [0.2, 0.25) is 4.75 Å². The van der Waals surface area contributed by atoms with E-state index in [4.69, 9.17) is 0 Å². The van der Waals surface area contributed by atoms with Crippen molar-refractivity contribution < 1.29 is 31.1 Å². The summed E-state index contributed by atoms with van der Waals surface area (Å²) in [7, 11) is 1.20. The lowest BCUT2D eigenvalue weighted by atomic mass is 9.90. The van der Waals surface area contributed by atoms with Crippen molar-refractivity contribution in [3.8, 4) is 0 Å². The fourth-order valence-electron chi connectivity index (χ4n) is 1.75. The van der Waals surface area contributed by atoms with Crippen LogP contribution in [0.1, 0.15) is 41.5 Å². The maximum absolute atomic E-state index is 12.9. The van der Waals surface area contributed by atoms with Crippen molar-refractivity contribution in [2.75, 3.05) is 7.11 Å². The van der Waals surface area contributed by atoms with Gasteiger partial charge in [-0.15, -0.1) is 0 Å². The standard InChI is InChI=1S/C8H10F6OS2.2C2H6/c1-5(2)4(15-3)6(17-16-5,7(9,10)11)8(12,13)14;2*1-2/h4H,1-3H3;2*1-2H3. The van der Waals surface area contributed by atoms with E-state index < -0.39 is 28.0 Å². The molecule has 0 amide bonds. The summed E-state index contributed by atoms with van der Waals surface area (Å²) in [6.45, 7) is 10.6. The summed E-state index contributed by atoms with van der Waals surface area (Å²) in [5, 5.41) is 0. The third-order valence-corrected chi connectivity index (χ3v) is 6.46. The van der Waals surface area contributed by atoms with Crippen LogP contribution in [0.4, 0.5) is 26.3 Å². The van der Waals surface area contributed by atoms with E-state index in [0.717, 1.165) is 7.11 Å². The molecule has 1 atom stereocenters. The average molecular weight is 360 g/mol. The van der Waals surface area contributed by atoms with Crippen LogP contribution in [0.5, 0.6) is 0 Å². The summed E-state index contributed by atoms with van der Waals surface area (Å²) in [6, 6.07) is 0. The molecule has 130 valence electrons. The fourth-order valence-corrected chi connectivity index (χ4v) is 5.33. The fraction of sp³-hybridized carbons (Fsp3) is 1.00. The molecule has 1 unspecified atom stereocenters. The molecule has 0 aliphatic carbocycles. The van der Waals surface area contributed by atoms with E-state index in [1.807, 2.05) is 27.7 Å². The molecule has 0 spiro atoms. The summed E-state index contributed by atoms with van der Waals surface area (Å²) in [6.07, 6.45) is -12.8. The molecule has 0 aromatic carbocycles. The molecule has 0 bridgehead atoms. The van der Waals surface area contributed by atoms with E-state index >= 15 is 0 Å². The van der Waals surface area contributed by atoms with Crippen LogP contribution in [0.2, 0.25) is 0 Å². The lowest BCUT2D eigenvalue weighted by Crippen LogP contribution is -2.63. The Bertz CT molecular complexity index is 287. The Morgan fingerprint density at radius 1 is 0.810 bits per heavy atom. The maximum Gasteiger partial charge on any atom is 0.415 e. The van der Waals surface area contributed by atoms with E-state index in [1.54, 1.807) is 0 Å². The molecule has 9 heteroatoms. The molecule has 1 saturated heterocycles. The molecule has 1 nitrogen and oxygen atoms in total. The van der Waals surface area contributed by atoms with E-state index in [-0.39, 0.29) is 10.8 Å². The normalized spacial score (nSPS) is 23.6. The number of rotatable bonds is 1. The Morgan fingerprint density at radius 2 is 1.14 bits per heavy atom. The van der Waals surface area contributed by atoms with Gasteiger partial charge in [0.1, 0.15) is 6.10 Å². The van der Waals surface area contributed by atoms with E-state index in [0.29, 0.717) is 10.8 Å². The summed E-state index contributed by atoms with van der Waals surface area (Å²) in [5.41, 5.74) is 0. The Labute approximate surface area is 130 Å². The van der Waals surface area contributed by atoms with Crippen molar-refractivity contribution >= 4 is 21.6 Å². The average Bonchev–Trinajstić information content (AvgIpc) is 2.65. The second-order valence-electron chi connectivity index (χ2n) is 4.12. The van der Waals surface area contributed by atoms with Gasteiger partial charge in [-0.2, -0.15) is 26.3 Å². The Balaban J connectivity index is 0. The first-order valence-electron chi connectivity index (χ1n) is 6.43. The van der Waals surface area contributed by atoms with Crippen molar-refractivity contribution in [3.63, 3.8) is 0 Å². The third kappa shape index (κ3) is 4.37. The third-order valence-electron chi connectivity index (χ3n) is 2.47. The predicted molar refractivity (Wildman–Crippen MR) is 77.6 cm³/mol. The Kier molecular flexibility index (Phi) is 9.17. The molecule has 1 rings (SSSR count). The molecule has 0 radical (unpaired) electrons. The minimum absolute atomic E-state index is 0.215. The summed E-state index contributed by atoms with van der Waals surface area (Å²) < 4.78 is 76.5. The van der Waals surface area contributed by atoms with Crippen LogP contribution in [-0.4, -0.2) is 35.1 Å². The van der Waals surface area contributed by atoms with Gasteiger partial charge in [-0.3, -0.25) is 0 Å². The lowest BCUT2D eigenvalue weighted by molar-refractivity contribution is -0.288. The number of hydrogen-bond donors (Lipinski definition) is 0. The largest absolute Gasteiger partial charge is 0.415 e. The first-order valence-corrected chi connectivity index (χ1v) is 8.58. The van der Waals surface area contributed by atoms with Crippen LogP contribution in [0.25, 0.3) is 0 Å². The minimum atomic E-state index is -5.42. The van der Waals surface area contributed by atoms with Crippen LogP contribution in [0.3, 0.4) is 0 Å². The zero-order valence-electron chi connectivity index (χ0n) is 13.1. The monoisotopic (exact) mass is 360 g/mol. The first-order chi connectivity index (χ1) is 9.40. The van der Waals surface area contributed by atoms with Gasteiger partial charge in [-0.25, -0.2) is 0 Å². The maximum atomic E-state index is 12.9. The topological polar surface area (TPSA) is 9.23 Å². The van der Waals surface area contributed by atoms with E-state index in [1.165, 1.54) is 13.8 Å². The molecule has 0 saturated carbocycles. The van der Waals surface area contributed by atoms with Crippen LogP contribution >= 0.6 is 21.6 Å². The molecule has 0 N–H and O–H groups in total. The number of methoxy groups -OCH3 is 1. The minimum Gasteiger partial charge on any atom is -0.378 e. The summed E-state index contributed by atoms with van der Waals surface area (Å²) in [4.78, 5) is 0. The van der Waals surface area contributed by atoms with Gasteiger partial charge < -0.3 is 4.74 Å². The molecule has 1 fully saturated rings. The second-order valence-corrected chi connectivity index (χ2v) is 7.15. The summed E-state index contributed by atoms with van der Waals surface area (Å²) >= 11 is 0. The van der Waals surface area contributed by atoms with E-state index in [2.05, 4.69) is 4.74 Å². The highest BCUT2D eigenvalue weighted by Crippen LogP contribution is 2.68. The van der Waals surface area contributed by atoms with Gasteiger partial charge in [0, 0.05) is 11.9 Å². The van der Waals surface area contributed by atoms with Crippen molar-refractivity contribution in [2.45, 2.75) is 69.5 Å². The quantitative estimate of drug-likeness (QED) is 0.414. The highest BCUT2D eigenvalue weighted by molar-refractivity contribution is 8.78. The number of hydrogen-bond acceptors (Lipinski definition) is 3. The van der Waals surface area contributed by atoms with Crippen molar-refractivity contribution in [1.29, 1.82) is 0 Å². The molecule has 0 aromatic heterocycles. The highest BCUT2D eigenvalue weighted by atomic mass is 33.1. The van der Waals surface area contributed by atoms with Crippen LogP contribution < -0.4 is 0 Å². The van der Waals surface area contributed by atoms with Crippen molar-refractivity contribution in [1.82, 2.24) is 0 Å². The van der Waals surface area contributed by atoms with Crippen LogP contribution in [0, 0.1) is 0 Å². The van der Waals surface area contributed by atoms with Gasteiger partial charge in [0.05, 0.1) is 0 Å². The number of ether oxygens (including phenoxy) is 1. The smallest absolute Gasteiger partial charge is 0.378 e. The zero-order chi connectivity index (χ0) is 17.7. The zero-order valence-corrected chi connectivity index (χ0v) is 14.7. The molecular formula is C12H22F6OS2. The predicted octanol–water partition coefficient (Wildman–Crippen LogP) is 6.09. The van der Waals surface area contributed by atoms with Crippen LogP contribution in [-0.2, 0) is 4.74 Å². The molecule has 0 aromatic rings. The first kappa shape index (κ1) is 23.5. The van der Waals surface area contributed by atoms with E-state index in [9.17, 15) is 26.3 Å². The van der Waals surface area contributed by atoms with Crippen LogP contribution in [0.15, 0.2) is 0 Å². The van der Waals surface area contributed by atoms with Gasteiger partial charge in [-0.1, -0.05) is 49.3 Å². The highest BCUT2D eigenvalue weighted by Gasteiger charge is 2.80. The Hall–Kier alpha value is 0.240. The summed E-state index contributed by atoms with van der Waals surface area (Å²) in [5.74, 6) is 0. The molecule has 1 aliphatic heterocycles. The number of halogens is 6. The number of alkyl halides is 6. The molecule has 1 heterocycles. The molecule has 1 aliphatic rings. The molecule has 21 heavy (non-hydrogen) atoms. The van der Waals surface area contributed by atoms with Gasteiger partial charge in [0.25, 0.3) is 0 Å². The van der Waals surface area contributed by atoms with Crippen molar-refractivity contribution in [2.24, 2.45) is 0 Å². The molecular weight excluding hydrogens is 338 g/mol. The van der Waals surface area contributed by atoms with Gasteiger partial charge in [0.15, 0.2) is 0 Å². The lowest BCUT2D eigenvalue weighted by Gasteiger charge is -2.38. The Morgan fingerprint density at radius 3 is 1.33 bits per heavy atom. The second kappa shape index (κ2) is 8.19. The van der Waals surface area contributed by atoms with Gasteiger partial charge in [-0.05, 0) is 13.8 Å². The van der Waals surface area contributed by atoms with Gasteiger partial charge >= 0.3 is 12.4 Å².